The van der Waals surface area contributed by atoms with Crippen LogP contribution in [0.25, 0.3) is 11.3 Å². The molecule has 0 bridgehead atoms. The number of hydrogen-bond donors (Lipinski definition) is 2. The van der Waals surface area contributed by atoms with E-state index in [4.69, 9.17) is 0 Å². The first-order valence-electron chi connectivity index (χ1n) is 6.60. The molecule has 18 heavy (non-hydrogen) atoms. The summed E-state index contributed by atoms with van der Waals surface area (Å²) in [7, 11) is 0. The summed E-state index contributed by atoms with van der Waals surface area (Å²) >= 11 is 0. The van der Waals surface area contributed by atoms with Gasteiger partial charge in [0, 0.05) is 11.6 Å². The molecule has 0 aliphatic carbocycles. The van der Waals surface area contributed by atoms with E-state index in [1.165, 1.54) is 35.2 Å². The summed E-state index contributed by atoms with van der Waals surface area (Å²) in [6.45, 7) is 5.39. The normalized spacial score (nSPS) is 19.3. The molecule has 1 fully saturated rings. The number of benzene rings is 1. The smallest absolute Gasteiger partial charge is 0.0924 e. The average molecular weight is 241 g/mol. The van der Waals surface area contributed by atoms with E-state index >= 15 is 0 Å². The minimum Gasteiger partial charge on any atom is -0.309 e. The lowest BCUT2D eigenvalue weighted by Gasteiger charge is -2.05. The lowest BCUT2D eigenvalue weighted by atomic mass is 10.0. The van der Waals surface area contributed by atoms with Gasteiger partial charge in [0.2, 0.25) is 0 Å². The maximum atomic E-state index is 4.44. The van der Waals surface area contributed by atoms with Crippen molar-refractivity contribution >= 4 is 0 Å². The fourth-order valence-electron chi connectivity index (χ4n) is 2.51. The average Bonchev–Trinajstić information content (AvgIpc) is 3.01. The molecule has 1 aliphatic heterocycles. The Morgan fingerprint density at radius 3 is 2.78 bits per heavy atom. The molecule has 3 heteroatoms. The van der Waals surface area contributed by atoms with Crippen LogP contribution in [0.4, 0.5) is 0 Å². The molecule has 0 spiro atoms. The molecule has 1 aromatic heterocycles. The Morgan fingerprint density at radius 1 is 1.17 bits per heavy atom. The molecule has 0 amide bonds. The molecule has 3 rings (SSSR count). The van der Waals surface area contributed by atoms with Crippen LogP contribution in [-0.2, 0) is 0 Å². The fraction of sp³-hybridized carbons (Fsp3) is 0.400. The summed E-state index contributed by atoms with van der Waals surface area (Å²) in [5.74, 6) is 0. The van der Waals surface area contributed by atoms with Crippen molar-refractivity contribution in [3.05, 3.63) is 41.1 Å². The predicted molar refractivity (Wildman–Crippen MR) is 73.5 cm³/mol. The molecule has 2 heterocycles. The number of aromatic amines is 1. The van der Waals surface area contributed by atoms with Gasteiger partial charge in [0.15, 0.2) is 0 Å². The second kappa shape index (κ2) is 4.58. The third-order valence-corrected chi connectivity index (χ3v) is 3.84. The lowest BCUT2D eigenvalue weighted by molar-refractivity contribution is 0.625. The minimum absolute atomic E-state index is 0.456. The second-order valence-corrected chi connectivity index (χ2v) is 5.16. The first-order valence-corrected chi connectivity index (χ1v) is 6.60. The molecule has 3 nitrogen and oxygen atoms in total. The molecule has 1 aromatic carbocycles. The van der Waals surface area contributed by atoms with E-state index in [9.17, 15) is 0 Å². The van der Waals surface area contributed by atoms with Crippen molar-refractivity contribution in [2.24, 2.45) is 0 Å². The number of aryl methyl sites for hydroxylation is 2. The SMILES string of the molecule is Cc1ccc(-c2cc(C3CCCN3)[nH]n2)cc1C. The van der Waals surface area contributed by atoms with Crippen LogP contribution in [0.3, 0.4) is 0 Å². The largest absolute Gasteiger partial charge is 0.309 e. The number of hydrogen-bond acceptors (Lipinski definition) is 2. The zero-order chi connectivity index (χ0) is 12.5. The molecule has 1 unspecified atom stereocenters. The zero-order valence-corrected chi connectivity index (χ0v) is 11.0. The standard InChI is InChI=1S/C15H19N3/c1-10-5-6-12(8-11(10)2)14-9-15(18-17-14)13-4-3-7-16-13/h5-6,8-9,13,16H,3-4,7H2,1-2H3,(H,17,18). The third kappa shape index (κ3) is 2.06. The minimum atomic E-state index is 0.456. The Kier molecular flexibility index (Phi) is 2.92. The summed E-state index contributed by atoms with van der Waals surface area (Å²) in [5.41, 5.74) is 6.09. The first kappa shape index (κ1) is 11.5. The molecule has 2 N–H and O–H groups in total. The number of nitrogens with zero attached hydrogens (tertiary/aromatic N) is 1. The van der Waals surface area contributed by atoms with Crippen LogP contribution in [0.2, 0.25) is 0 Å². The van der Waals surface area contributed by atoms with E-state index in [-0.39, 0.29) is 0 Å². The van der Waals surface area contributed by atoms with Gasteiger partial charge in [-0.3, -0.25) is 5.10 Å². The van der Waals surface area contributed by atoms with E-state index in [0.29, 0.717) is 6.04 Å². The Bertz CT molecular complexity index is 551. The fourth-order valence-corrected chi connectivity index (χ4v) is 2.51. The highest BCUT2D eigenvalue weighted by Gasteiger charge is 2.18. The van der Waals surface area contributed by atoms with Gasteiger partial charge in [0.25, 0.3) is 0 Å². The molecule has 0 saturated carbocycles. The van der Waals surface area contributed by atoms with Crippen LogP contribution in [-0.4, -0.2) is 16.7 Å². The van der Waals surface area contributed by atoms with Crippen molar-refractivity contribution < 1.29 is 0 Å². The van der Waals surface area contributed by atoms with Gasteiger partial charge < -0.3 is 5.32 Å². The van der Waals surface area contributed by atoms with Gasteiger partial charge in [-0.15, -0.1) is 0 Å². The van der Waals surface area contributed by atoms with Gasteiger partial charge in [-0.05, 0) is 56.5 Å². The van der Waals surface area contributed by atoms with Crippen LogP contribution < -0.4 is 5.32 Å². The molecule has 94 valence electrons. The monoisotopic (exact) mass is 241 g/mol. The summed E-state index contributed by atoms with van der Waals surface area (Å²) in [6.07, 6.45) is 2.46. The van der Waals surface area contributed by atoms with Gasteiger partial charge in [-0.25, -0.2) is 0 Å². The van der Waals surface area contributed by atoms with Gasteiger partial charge in [-0.2, -0.15) is 5.10 Å². The topological polar surface area (TPSA) is 40.7 Å². The molecule has 1 aliphatic rings. The van der Waals surface area contributed by atoms with Crippen LogP contribution >= 0.6 is 0 Å². The Labute approximate surface area is 108 Å². The van der Waals surface area contributed by atoms with E-state index in [1.807, 2.05) is 0 Å². The number of aromatic nitrogens is 2. The molecule has 1 atom stereocenters. The van der Waals surface area contributed by atoms with Crippen LogP contribution in [0, 0.1) is 13.8 Å². The summed E-state index contributed by atoms with van der Waals surface area (Å²) in [6, 6.07) is 9.14. The molecular weight excluding hydrogens is 222 g/mol. The molecule has 0 radical (unpaired) electrons. The van der Waals surface area contributed by atoms with E-state index in [0.717, 1.165) is 12.2 Å². The van der Waals surface area contributed by atoms with Crippen molar-refractivity contribution in [2.75, 3.05) is 6.54 Å². The van der Waals surface area contributed by atoms with Gasteiger partial charge in [-0.1, -0.05) is 12.1 Å². The maximum absolute atomic E-state index is 4.44. The highest BCUT2D eigenvalue weighted by molar-refractivity contribution is 5.61. The van der Waals surface area contributed by atoms with E-state index in [1.54, 1.807) is 0 Å². The first-order chi connectivity index (χ1) is 8.74. The van der Waals surface area contributed by atoms with Gasteiger partial charge >= 0.3 is 0 Å². The number of nitrogens with one attached hydrogen (secondary N) is 2. The number of H-pyrrole nitrogens is 1. The Hall–Kier alpha value is -1.61. The third-order valence-electron chi connectivity index (χ3n) is 3.84. The van der Waals surface area contributed by atoms with Crippen molar-refractivity contribution in [1.29, 1.82) is 0 Å². The summed E-state index contributed by atoms with van der Waals surface area (Å²) in [5, 5.41) is 11.1. The van der Waals surface area contributed by atoms with Crippen molar-refractivity contribution in [1.82, 2.24) is 15.5 Å². The van der Waals surface area contributed by atoms with Crippen molar-refractivity contribution in [2.45, 2.75) is 32.7 Å². The highest BCUT2D eigenvalue weighted by atomic mass is 15.1. The van der Waals surface area contributed by atoms with E-state index < -0.39 is 0 Å². The predicted octanol–water partition coefficient (Wildman–Crippen LogP) is 3.12. The molecular formula is C15H19N3. The summed E-state index contributed by atoms with van der Waals surface area (Å²) in [4.78, 5) is 0. The Morgan fingerprint density at radius 2 is 2.06 bits per heavy atom. The van der Waals surface area contributed by atoms with Gasteiger partial charge in [0.1, 0.15) is 0 Å². The van der Waals surface area contributed by atoms with Crippen molar-refractivity contribution in [3.8, 4) is 11.3 Å². The zero-order valence-electron chi connectivity index (χ0n) is 11.0. The maximum Gasteiger partial charge on any atom is 0.0924 e. The van der Waals surface area contributed by atoms with E-state index in [2.05, 4.69) is 53.6 Å². The second-order valence-electron chi connectivity index (χ2n) is 5.16. The Balaban J connectivity index is 1.89. The summed E-state index contributed by atoms with van der Waals surface area (Å²) < 4.78 is 0. The van der Waals surface area contributed by atoms with Gasteiger partial charge in [0.05, 0.1) is 11.4 Å². The highest BCUT2D eigenvalue weighted by Crippen LogP contribution is 2.26. The van der Waals surface area contributed by atoms with Crippen molar-refractivity contribution in [3.63, 3.8) is 0 Å². The number of rotatable bonds is 2. The van der Waals surface area contributed by atoms with Crippen LogP contribution in [0.1, 0.15) is 35.7 Å². The lowest BCUT2D eigenvalue weighted by Crippen LogP contribution is -2.12. The van der Waals surface area contributed by atoms with Crippen LogP contribution in [0.15, 0.2) is 24.3 Å². The molecule has 1 saturated heterocycles. The molecule has 2 aromatic rings. The quantitative estimate of drug-likeness (QED) is 0.848. The van der Waals surface area contributed by atoms with Crippen LogP contribution in [0.5, 0.6) is 0 Å².